The van der Waals surface area contributed by atoms with Gasteiger partial charge in [-0.3, -0.25) is 4.79 Å². The van der Waals surface area contributed by atoms with Crippen molar-refractivity contribution in [3.63, 3.8) is 0 Å². The first-order chi connectivity index (χ1) is 11.6. The Bertz CT molecular complexity index is 796. The van der Waals surface area contributed by atoms with Crippen LogP contribution in [0.4, 0.5) is 5.69 Å². The lowest BCUT2D eigenvalue weighted by atomic mass is 9.96. The molecule has 3 rings (SSSR count). The van der Waals surface area contributed by atoms with E-state index < -0.39 is 5.97 Å². The third kappa shape index (κ3) is 2.83. The zero-order valence-electron chi connectivity index (χ0n) is 13.7. The van der Waals surface area contributed by atoms with Crippen molar-refractivity contribution in [1.29, 1.82) is 0 Å². The predicted molar refractivity (Wildman–Crippen MR) is 93.4 cm³/mol. The van der Waals surface area contributed by atoms with E-state index in [1.54, 1.807) is 18.7 Å². The van der Waals surface area contributed by atoms with Crippen molar-refractivity contribution in [2.45, 2.75) is 19.9 Å². The molecule has 1 aliphatic rings. The van der Waals surface area contributed by atoms with E-state index in [2.05, 4.69) is 0 Å². The van der Waals surface area contributed by atoms with Crippen LogP contribution in [0, 0.1) is 0 Å². The van der Waals surface area contributed by atoms with Crippen molar-refractivity contribution < 1.29 is 14.3 Å². The molecule has 0 aromatic heterocycles. The van der Waals surface area contributed by atoms with Crippen LogP contribution in [0.3, 0.4) is 0 Å². The Morgan fingerprint density at radius 2 is 1.75 bits per heavy atom. The molecule has 4 heteroatoms. The highest BCUT2D eigenvalue weighted by molar-refractivity contribution is 6.07. The molecule has 1 aliphatic heterocycles. The summed E-state index contributed by atoms with van der Waals surface area (Å²) in [7, 11) is 0. The number of para-hydroxylation sites is 1. The average Bonchev–Trinajstić information content (AvgIpc) is 2.90. The molecule has 0 N–H and O–H groups in total. The fraction of sp³-hybridized carbons (Fsp3) is 0.200. The molecule has 1 heterocycles. The van der Waals surface area contributed by atoms with E-state index in [1.165, 1.54) is 6.08 Å². The summed E-state index contributed by atoms with van der Waals surface area (Å²) < 4.78 is 5.08. The molecular weight excluding hydrogens is 302 g/mol. The molecule has 0 saturated heterocycles. The molecule has 2 aromatic rings. The second-order valence-corrected chi connectivity index (χ2v) is 5.57. The quantitative estimate of drug-likeness (QED) is 0.639. The molecule has 0 saturated carbocycles. The van der Waals surface area contributed by atoms with Gasteiger partial charge in [-0.15, -0.1) is 0 Å². The summed E-state index contributed by atoms with van der Waals surface area (Å²) in [6.45, 7) is 3.63. The largest absolute Gasteiger partial charge is 0.463 e. The van der Waals surface area contributed by atoms with Gasteiger partial charge in [-0.2, -0.15) is 0 Å². The Kier molecular flexibility index (Phi) is 4.47. The smallest absolute Gasteiger partial charge is 0.331 e. The highest BCUT2D eigenvalue weighted by atomic mass is 16.5. The molecule has 2 aromatic carbocycles. The summed E-state index contributed by atoms with van der Waals surface area (Å²) in [5.41, 5.74) is 3.44. The van der Waals surface area contributed by atoms with Crippen molar-refractivity contribution in [2.75, 3.05) is 11.5 Å². The average molecular weight is 321 g/mol. The molecule has 4 nitrogen and oxygen atoms in total. The van der Waals surface area contributed by atoms with Crippen LogP contribution in [0.5, 0.6) is 0 Å². The van der Waals surface area contributed by atoms with Crippen molar-refractivity contribution >= 4 is 23.1 Å². The van der Waals surface area contributed by atoms with Crippen molar-refractivity contribution in [3.8, 4) is 0 Å². The number of carbonyl (C=O) groups is 2. The van der Waals surface area contributed by atoms with E-state index in [9.17, 15) is 9.59 Å². The third-order valence-corrected chi connectivity index (χ3v) is 4.04. The van der Waals surface area contributed by atoms with Gasteiger partial charge in [-0.25, -0.2) is 4.79 Å². The summed E-state index contributed by atoms with van der Waals surface area (Å²) in [5, 5.41) is 0. The van der Waals surface area contributed by atoms with E-state index in [1.807, 2.05) is 54.6 Å². The molecule has 0 fully saturated rings. The lowest BCUT2D eigenvalue weighted by molar-refractivity contribution is -0.137. The third-order valence-electron chi connectivity index (χ3n) is 4.04. The molecule has 0 radical (unpaired) electrons. The number of carbonyl (C=O) groups excluding carboxylic acids is 2. The van der Waals surface area contributed by atoms with Gasteiger partial charge < -0.3 is 9.64 Å². The second-order valence-electron chi connectivity index (χ2n) is 5.57. The molecule has 0 aliphatic carbocycles. The fourth-order valence-electron chi connectivity index (χ4n) is 3.14. The Morgan fingerprint density at radius 1 is 1.08 bits per heavy atom. The monoisotopic (exact) mass is 321 g/mol. The molecule has 122 valence electrons. The number of fused-ring (bicyclic) bond motifs is 1. The SMILES string of the molecule is CCOC(=O)/C=C1/c2ccccc2N(C(C)=O)C1c1ccccc1. The summed E-state index contributed by atoms with van der Waals surface area (Å²) in [6.07, 6.45) is 1.50. The standard InChI is InChI=1S/C20H19NO3/c1-3-24-19(23)13-17-16-11-7-8-12-18(16)21(14(2)22)20(17)15-9-5-4-6-10-15/h4-13,20H,3H2,1-2H3/b17-13-. The highest BCUT2D eigenvalue weighted by Crippen LogP contribution is 2.48. The molecule has 0 spiro atoms. The number of amides is 1. The first-order valence-corrected chi connectivity index (χ1v) is 7.96. The Balaban J connectivity index is 2.18. The minimum atomic E-state index is -0.395. The molecule has 24 heavy (non-hydrogen) atoms. The minimum absolute atomic E-state index is 0.0661. The maximum atomic E-state index is 12.3. The summed E-state index contributed by atoms with van der Waals surface area (Å²) >= 11 is 0. The van der Waals surface area contributed by atoms with Gasteiger partial charge in [-0.05, 0) is 24.1 Å². The van der Waals surface area contributed by atoms with E-state index in [0.29, 0.717) is 6.61 Å². The second kappa shape index (κ2) is 6.71. The van der Waals surface area contributed by atoms with Crippen LogP contribution >= 0.6 is 0 Å². The van der Waals surface area contributed by atoms with E-state index in [-0.39, 0.29) is 11.9 Å². The van der Waals surface area contributed by atoms with Crippen LogP contribution in [0.2, 0.25) is 0 Å². The zero-order valence-corrected chi connectivity index (χ0v) is 13.7. The van der Waals surface area contributed by atoms with Crippen LogP contribution in [0.25, 0.3) is 5.57 Å². The molecule has 0 bridgehead atoms. The lowest BCUT2D eigenvalue weighted by Crippen LogP contribution is -2.29. The maximum absolute atomic E-state index is 12.3. The Hall–Kier alpha value is -2.88. The number of rotatable bonds is 3. The molecule has 1 unspecified atom stereocenters. The van der Waals surface area contributed by atoms with Gasteiger partial charge >= 0.3 is 5.97 Å². The number of esters is 1. The lowest BCUT2D eigenvalue weighted by Gasteiger charge is -2.25. The number of nitrogens with zero attached hydrogens (tertiary/aromatic N) is 1. The summed E-state index contributed by atoms with van der Waals surface area (Å²) in [6, 6.07) is 17.0. The fourth-order valence-corrected chi connectivity index (χ4v) is 3.14. The normalized spacial score (nSPS) is 17.7. The van der Waals surface area contributed by atoms with E-state index in [4.69, 9.17) is 4.74 Å². The Labute approximate surface area is 141 Å². The number of ether oxygens (including phenoxy) is 1. The van der Waals surface area contributed by atoms with Crippen molar-refractivity contribution in [2.24, 2.45) is 0 Å². The van der Waals surface area contributed by atoms with Crippen molar-refractivity contribution in [1.82, 2.24) is 0 Å². The van der Waals surface area contributed by atoms with Gasteiger partial charge in [0.25, 0.3) is 0 Å². The van der Waals surface area contributed by atoms with Gasteiger partial charge in [0, 0.05) is 18.6 Å². The molecule has 1 atom stereocenters. The predicted octanol–water partition coefficient (Wildman–Crippen LogP) is 3.74. The van der Waals surface area contributed by atoms with Gasteiger partial charge in [0.2, 0.25) is 5.91 Å². The van der Waals surface area contributed by atoms with Gasteiger partial charge in [0.1, 0.15) is 0 Å². The number of benzene rings is 2. The minimum Gasteiger partial charge on any atom is -0.463 e. The first kappa shape index (κ1) is 16.0. The van der Waals surface area contributed by atoms with Crippen LogP contribution in [0.15, 0.2) is 60.7 Å². The van der Waals surface area contributed by atoms with Crippen LogP contribution in [0.1, 0.15) is 31.0 Å². The summed E-state index contributed by atoms with van der Waals surface area (Å²) in [4.78, 5) is 26.1. The first-order valence-electron chi connectivity index (χ1n) is 7.96. The highest BCUT2D eigenvalue weighted by Gasteiger charge is 2.37. The number of anilines is 1. The zero-order chi connectivity index (χ0) is 17.1. The number of hydrogen-bond acceptors (Lipinski definition) is 3. The van der Waals surface area contributed by atoms with Crippen LogP contribution in [-0.2, 0) is 14.3 Å². The van der Waals surface area contributed by atoms with Crippen LogP contribution < -0.4 is 4.90 Å². The number of hydrogen-bond donors (Lipinski definition) is 0. The Morgan fingerprint density at radius 3 is 2.42 bits per heavy atom. The van der Waals surface area contributed by atoms with E-state index >= 15 is 0 Å². The van der Waals surface area contributed by atoms with Gasteiger partial charge in [-0.1, -0.05) is 48.5 Å². The molecule has 1 amide bonds. The summed E-state index contributed by atoms with van der Waals surface area (Å²) in [5.74, 6) is -0.461. The maximum Gasteiger partial charge on any atom is 0.331 e. The van der Waals surface area contributed by atoms with Crippen LogP contribution in [-0.4, -0.2) is 18.5 Å². The topological polar surface area (TPSA) is 46.6 Å². The van der Waals surface area contributed by atoms with Gasteiger partial charge in [0.05, 0.1) is 18.3 Å². The molecular formula is C20H19NO3. The van der Waals surface area contributed by atoms with Gasteiger partial charge in [0.15, 0.2) is 0 Å². The van der Waals surface area contributed by atoms with Crippen molar-refractivity contribution in [3.05, 3.63) is 71.8 Å². The van der Waals surface area contributed by atoms with E-state index in [0.717, 1.165) is 22.4 Å².